The molecular weight excluding hydrogens is 610 g/mol. The summed E-state index contributed by atoms with van der Waals surface area (Å²) in [7, 11) is 1.70. The topological polar surface area (TPSA) is 62.3 Å². The fourth-order valence-corrected chi connectivity index (χ4v) is 7.33. The van der Waals surface area contributed by atoms with Crippen LogP contribution in [0.15, 0.2) is 78.9 Å². The molecule has 1 heterocycles. The third kappa shape index (κ3) is 9.95. The molecule has 0 radical (unpaired) electrons. The molecule has 0 spiro atoms. The first-order chi connectivity index (χ1) is 23.6. The molecular formula is C42H57N3O4. The summed E-state index contributed by atoms with van der Waals surface area (Å²) in [6.45, 7) is 15.8. The maximum Gasteiger partial charge on any atom is 0.254 e. The van der Waals surface area contributed by atoms with Crippen molar-refractivity contribution >= 4 is 11.8 Å². The van der Waals surface area contributed by atoms with Gasteiger partial charge < -0.3 is 19.3 Å². The molecule has 0 N–H and O–H groups in total. The zero-order valence-corrected chi connectivity index (χ0v) is 30.5. The molecule has 0 bridgehead atoms. The molecule has 3 aromatic carbocycles. The highest BCUT2D eigenvalue weighted by atomic mass is 16.5. The van der Waals surface area contributed by atoms with Crippen molar-refractivity contribution < 1.29 is 19.1 Å². The molecule has 0 aromatic heterocycles. The Bertz CT molecular complexity index is 1490. The number of hydrogen-bond acceptors (Lipinski definition) is 5. The Labute approximate surface area is 294 Å². The van der Waals surface area contributed by atoms with E-state index in [1.807, 2.05) is 47.4 Å². The quantitative estimate of drug-likeness (QED) is 0.141. The van der Waals surface area contributed by atoms with Gasteiger partial charge in [-0.05, 0) is 86.6 Å². The van der Waals surface area contributed by atoms with Crippen LogP contribution in [0.1, 0.15) is 80.4 Å². The van der Waals surface area contributed by atoms with Crippen LogP contribution < -0.4 is 4.74 Å². The molecule has 1 aliphatic heterocycles. The molecule has 4 atom stereocenters. The Balaban J connectivity index is 1.36. The molecule has 1 saturated heterocycles. The largest absolute Gasteiger partial charge is 0.493 e. The summed E-state index contributed by atoms with van der Waals surface area (Å²) in [5.41, 5.74) is 4.19. The lowest BCUT2D eigenvalue weighted by molar-refractivity contribution is -0.133. The van der Waals surface area contributed by atoms with Crippen molar-refractivity contribution in [1.29, 1.82) is 0 Å². The fourth-order valence-electron chi connectivity index (χ4n) is 7.33. The molecule has 7 heteroatoms. The Morgan fingerprint density at radius 1 is 0.816 bits per heavy atom. The second-order valence-electron chi connectivity index (χ2n) is 14.8. The molecule has 2 fully saturated rings. The van der Waals surface area contributed by atoms with Crippen LogP contribution in [0.2, 0.25) is 0 Å². The van der Waals surface area contributed by atoms with Crippen LogP contribution in [0, 0.1) is 17.8 Å². The number of hydrogen-bond donors (Lipinski definition) is 0. The van der Waals surface area contributed by atoms with Gasteiger partial charge in [0.2, 0.25) is 5.91 Å². The van der Waals surface area contributed by atoms with Gasteiger partial charge in [0.1, 0.15) is 5.75 Å². The van der Waals surface area contributed by atoms with Crippen LogP contribution in [-0.4, -0.2) is 85.1 Å². The average Bonchev–Trinajstić information content (AvgIpc) is 3.70. The van der Waals surface area contributed by atoms with Gasteiger partial charge in [0.25, 0.3) is 5.91 Å². The highest BCUT2D eigenvalue weighted by molar-refractivity contribution is 5.95. The van der Waals surface area contributed by atoms with Crippen molar-refractivity contribution in [1.82, 2.24) is 14.7 Å². The summed E-state index contributed by atoms with van der Waals surface area (Å²) in [6.07, 6.45) is 2.35. The fraction of sp³-hybridized carbons (Fsp3) is 0.524. The second-order valence-corrected chi connectivity index (χ2v) is 14.8. The molecule has 49 heavy (non-hydrogen) atoms. The number of ether oxygens (including phenoxy) is 2. The van der Waals surface area contributed by atoms with E-state index < -0.39 is 0 Å². The molecule has 7 nitrogen and oxygen atoms in total. The maximum absolute atomic E-state index is 14.4. The van der Waals surface area contributed by atoms with Crippen molar-refractivity contribution in [3.05, 3.63) is 101 Å². The molecule has 2 aliphatic rings. The third-order valence-electron chi connectivity index (χ3n) is 10.3. The number of carbonyl (C=O) groups excluding carboxylic acids is 2. The number of rotatable bonds is 17. The highest BCUT2D eigenvalue weighted by Gasteiger charge is 2.39. The summed E-state index contributed by atoms with van der Waals surface area (Å²) in [4.78, 5) is 34.7. The van der Waals surface area contributed by atoms with Gasteiger partial charge in [-0.3, -0.25) is 14.5 Å². The van der Waals surface area contributed by atoms with Crippen molar-refractivity contribution in [2.24, 2.45) is 17.8 Å². The van der Waals surface area contributed by atoms with Crippen LogP contribution in [-0.2, 0) is 22.5 Å². The van der Waals surface area contributed by atoms with E-state index in [1.54, 1.807) is 7.11 Å². The van der Waals surface area contributed by atoms with E-state index in [1.165, 1.54) is 11.1 Å². The molecule has 4 unspecified atom stereocenters. The van der Waals surface area contributed by atoms with Gasteiger partial charge in [0.05, 0.1) is 13.0 Å². The zero-order chi connectivity index (χ0) is 34.9. The predicted octanol–water partition coefficient (Wildman–Crippen LogP) is 7.30. The van der Waals surface area contributed by atoms with E-state index in [4.69, 9.17) is 9.47 Å². The molecule has 1 saturated carbocycles. The number of likely N-dealkylation sites (tertiary alicyclic amines) is 1. The van der Waals surface area contributed by atoms with Crippen molar-refractivity contribution in [3.8, 4) is 5.75 Å². The Kier molecular flexibility index (Phi) is 12.9. The first-order valence-electron chi connectivity index (χ1n) is 18.3. The molecule has 2 amide bonds. The molecule has 3 aromatic rings. The van der Waals surface area contributed by atoms with Crippen LogP contribution in [0.4, 0.5) is 0 Å². The minimum atomic E-state index is 0.0199. The van der Waals surface area contributed by atoms with E-state index in [2.05, 4.69) is 80.8 Å². The predicted molar refractivity (Wildman–Crippen MR) is 197 cm³/mol. The van der Waals surface area contributed by atoms with Gasteiger partial charge in [-0.25, -0.2) is 0 Å². The minimum Gasteiger partial charge on any atom is -0.493 e. The summed E-state index contributed by atoms with van der Waals surface area (Å²) in [5.74, 6) is 2.60. The van der Waals surface area contributed by atoms with Gasteiger partial charge >= 0.3 is 0 Å². The van der Waals surface area contributed by atoms with Crippen molar-refractivity contribution in [3.63, 3.8) is 0 Å². The highest BCUT2D eigenvalue weighted by Crippen LogP contribution is 2.50. The van der Waals surface area contributed by atoms with E-state index in [0.29, 0.717) is 50.1 Å². The smallest absolute Gasteiger partial charge is 0.254 e. The third-order valence-corrected chi connectivity index (χ3v) is 10.3. The van der Waals surface area contributed by atoms with Gasteiger partial charge in [0, 0.05) is 70.5 Å². The normalized spacial score (nSPS) is 20.5. The number of amides is 2. The van der Waals surface area contributed by atoms with Crippen LogP contribution in [0.25, 0.3) is 0 Å². The van der Waals surface area contributed by atoms with Crippen LogP contribution >= 0.6 is 0 Å². The molecule has 1 aliphatic carbocycles. The Morgan fingerprint density at radius 3 is 1.98 bits per heavy atom. The lowest BCUT2D eigenvalue weighted by Crippen LogP contribution is -2.46. The molecule has 5 rings (SSSR count). The number of benzene rings is 3. The molecule has 264 valence electrons. The monoisotopic (exact) mass is 667 g/mol. The summed E-state index contributed by atoms with van der Waals surface area (Å²) in [6, 6.07) is 26.8. The van der Waals surface area contributed by atoms with Crippen molar-refractivity contribution in [2.45, 2.75) is 78.4 Å². The summed E-state index contributed by atoms with van der Waals surface area (Å²) < 4.78 is 11.5. The lowest BCUT2D eigenvalue weighted by Gasteiger charge is -2.35. The Morgan fingerprint density at radius 2 is 1.41 bits per heavy atom. The minimum absolute atomic E-state index is 0.0199. The number of methoxy groups -OCH3 is 1. The summed E-state index contributed by atoms with van der Waals surface area (Å²) >= 11 is 0. The first-order valence-corrected chi connectivity index (χ1v) is 18.3. The van der Waals surface area contributed by atoms with E-state index in [-0.39, 0.29) is 35.7 Å². The van der Waals surface area contributed by atoms with Crippen molar-refractivity contribution in [2.75, 3.05) is 46.5 Å². The SMILES string of the molecule is COCCCOc1cc(C(=O)N(CC2CN(Cc3ccccc3)CC2CN(C(=O)Cc2ccccc2)C(C)C)C(C)C)ccc1C1CC1C. The number of nitrogens with zero attached hydrogens (tertiary/aromatic N) is 3. The van der Waals surface area contributed by atoms with Gasteiger partial charge in [0.15, 0.2) is 0 Å². The van der Waals surface area contributed by atoms with E-state index >= 15 is 0 Å². The van der Waals surface area contributed by atoms with Gasteiger partial charge in [-0.15, -0.1) is 0 Å². The lowest BCUT2D eigenvalue weighted by atomic mass is 9.93. The van der Waals surface area contributed by atoms with E-state index in [9.17, 15) is 9.59 Å². The van der Waals surface area contributed by atoms with Crippen LogP contribution in [0.5, 0.6) is 5.75 Å². The summed E-state index contributed by atoms with van der Waals surface area (Å²) in [5, 5.41) is 0. The maximum atomic E-state index is 14.4. The second kappa shape index (κ2) is 17.3. The Hall–Kier alpha value is -3.68. The van der Waals surface area contributed by atoms with E-state index in [0.717, 1.165) is 43.8 Å². The standard InChI is InChI=1S/C42H57N3O4/c1-30(2)44(41(46)23-33-14-9-7-10-15-33)28-36-26-43(25-34-16-11-8-12-17-34)27-37(36)29-45(31(3)4)42(47)35-18-19-38(39-22-32(39)5)40(24-35)49-21-13-20-48-6/h7-12,14-19,24,30-32,36-37,39H,13,20-23,25-29H2,1-6H3. The average molecular weight is 668 g/mol. The van der Waals surface area contributed by atoms with Crippen LogP contribution in [0.3, 0.4) is 0 Å². The van der Waals surface area contributed by atoms with Gasteiger partial charge in [-0.2, -0.15) is 0 Å². The first kappa shape index (κ1) is 36.6. The zero-order valence-electron chi connectivity index (χ0n) is 30.5. The number of carbonyl (C=O) groups is 2. The van der Waals surface area contributed by atoms with Gasteiger partial charge in [-0.1, -0.05) is 73.7 Å².